The Kier molecular flexibility index (Phi) is 4.42. The number of fused-ring (bicyclic) bond motifs is 1. The lowest BCUT2D eigenvalue weighted by Crippen LogP contribution is -2.34. The van der Waals surface area contributed by atoms with Crippen molar-refractivity contribution in [1.29, 1.82) is 0 Å². The standard InChI is InChI=1S/C17H16N4O3/c22-16(19-7-8-20-17(23)24)15-10-13-9-12(1-2-14(13)21-15)11-3-5-18-6-4-11/h1-6,9-10,20-21H,7-8H2,(H,19,22)(H,23,24). The summed E-state index contributed by atoms with van der Waals surface area (Å²) in [6.45, 7) is 0.385. The molecule has 1 aromatic carbocycles. The van der Waals surface area contributed by atoms with Gasteiger partial charge in [-0.15, -0.1) is 0 Å². The predicted octanol–water partition coefficient (Wildman–Crippen LogP) is 2.23. The van der Waals surface area contributed by atoms with Crippen molar-refractivity contribution in [3.05, 3.63) is 54.5 Å². The van der Waals surface area contributed by atoms with Crippen LogP contribution in [0.3, 0.4) is 0 Å². The highest BCUT2D eigenvalue weighted by Crippen LogP contribution is 2.24. The zero-order valence-corrected chi connectivity index (χ0v) is 12.7. The van der Waals surface area contributed by atoms with E-state index in [1.54, 1.807) is 18.5 Å². The number of pyridine rings is 1. The number of carboxylic acid groups (broad SMARTS) is 1. The zero-order valence-electron chi connectivity index (χ0n) is 12.7. The number of H-pyrrole nitrogens is 1. The van der Waals surface area contributed by atoms with Crippen LogP contribution >= 0.6 is 0 Å². The number of rotatable bonds is 5. The summed E-state index contributed by atoms with van der Waals surface area (Å²) < 4.78 is 0. The first-order valence-corrected chi connectivity index (χ1v) is 7.41. The Bertz CT molecular complexity index is 874. The van der Waals surface area contributed by atoms with Crippen molar-refractivity contribution in [2.24, 2.45) is 0 Å². The molecule has 0 aliphatic carbocycles. The second-order valence-corrected chi connectivity index (χ2v) is 5.21. The molecule has 0 saturated carbocycles. The minimum atomic E-state index is -1.11. The Hall–Kier alpha value is -3.35. The van der Waals surface area contributed by atoms with Crippen LogP contribution in [0.4, 0.5) is 4.79 Å². The highest BCUT2D eigenvalue weighted by Gasteiger charge is 2.10. The van der Waals surface area contributed by atoms with Crippen LogP contribution < -0.4 is 10.6 Å². The fourth-order valence-electron chi connectivity index (χ4n) is 2.42. The molecule has 2 aromatic heterocycles. The van der Waals surface area contributed by atoms with E-state index in [9.17, 15) is 9.59 Å². The van der Waals surface area contributed by atoms with Gasteiger partial charge in [0.2, 0.25) is 0 Å². The minimum absolute atomic E-state index is 0.160. The molecule has 0 aliphatic heterocycles. The summed E-state index contributed by atoms with van der Waals surface area (Å²) in [5.74, 6) is -0.274. The van der Waals surface area contributed by atoms with Gasteiger partial charge in [-0.05, 0) is 41.5 Å². The summed E-state index contributed by atoms with van der Waals surface area (Å²) in [6, 6.07) is 11.5. The Morgan fingerprint density at radius 1 is 1.00 bits per heavy atom. The number of aromatic nitrogens is 2. The molecule has 24 heavy (non-hydrogen) atoms. The van der Waals surface area contributed by atoms with Gasteiger partial charge in [0.1, 0.15) is 5.69 Å². The monoisotopic (exact) mass is 324 g/mol. The molecule has 0 unspecified atom stereocenters. The Labute approximate surface area is 137 Å². The van der Waals surface area contributed by atoms with E-state index in [4.69, 9.17) is 5.11 Å². The van der Waals surface area contributed by atoms with E-state index in [0.717, 1.165) is 22.0 Å². The number of aromatic amines is 1. The van der Waals surface area contributed by atoms with Crippen molar-refractivity contribution in [3.8, 4) is 11.1 Å². The minimum Gasteiger partial charge on any atom is -0.465 e. The topological polar surface area (TPSA) is 107 Å². The molecule has 2 amide bonds. The van der Waals surface area contributed by atoms with E-state index in [1.807, 2.05) is 30.3 Å². The van der Waals surface area contributed by atoms with Crippen molar-refractivity contribution in [3.63, 3.8) is 0 Å². The molecule has 0 bridgehead atoms. The van der Waals surface area contributed by atoms with E-state index in [0.29, 0.717) is 5.69 Å². The van der Waals surface area contributed by atoms with Crippen LogP contribution in [0, 0.1) is 0 Å². The van der Waals surface area contributed by atoms with Gasteiger partial charge >= 0.3 is 6.09 Å². The van der Waals surface area contributed by atoms with Gasteiger partial charge in [0.25, 0.3) is 5.91 Å². The summed E-state index contributed by atoms with van der Waals surface area (Å²) in [5, 5.41) is 14.3. The van der Waals surface area contributed by atoms with Gasteiger partial charge < -0.3 is 20.7 Å². The molecule has 0 radical (unpaired) electrons. The average molecular weight is 324 g/mol. The van der Waals surface area contributed by atoms with Crippen LogP contribution in [0.1, 0.15) is 10.5 Å². The molecule has 0 aliphatic rings. The van der Waals surface area contributed by atoms with Crippen LogP contribution in [0.5, 0.6) is 0 Å². The summed E-state index contributed by atoms with van der Waals surface area (Å²) >= 11 is 0. The maximum Gasteiger partial charge on any atom is 0.404 e. The smallest absolute Gasteiger partial charge is 0.404 e. The lowest BCUT2D eigenvalue weighted by Gasteiger charge is -2.03. The van der Waals surface area contributed by atoms with Crippen LogP contribution in [0.15, 0.2) is 48.8 Å². The van der Waals surface area contributed by atoms with Gasteiger partial charge in [-0.25, -0.2) is 4.79 Å². The highest BCUT2D eigenvalue weighted by molar-refractivity contribution is 5.98. The third-order valence-corrected chi connectivity index (χ3v) is 3.57. The number of nitrogens with one attached hydrogen (secondary N) is 3. The Balaban J connectivity index is 1.74. The molecular formula is C17H16N4O3. The van der Waals surface area contributed by atoms with Gasteiger partial charge in [0.15, 0.2) is 0 Å². The number of nitrogens with zero attached hydrogens (tertiary/aromatic N) is 1. The number of amides is 2. The zero-order chi connectivity index (χ0) is 16.9. The maximum atomic E-state index is 12.1. The Morgan fingerprint density at radius 3 is 2.50 bits per heavy atom. The first-order valence-electron chi connectivity index (χ1n) is 7.41. The summed E-state index contributed by atoms with van der Waals surface area (Å²) in [5.41, 5.74) is 3.40. The van der Waals surface area contributed by atoms with Crippen molar-refractivity contribution >= 4 is 22.9 Å². The van der Waals surface area contributed by atoms with E-state index in [2.05, 4.69) is 20.6 Å². The third-order valence-electron chi connectivity index (χ3n) is 3.57. The first-order chi connectivity index (χ1) is 11.6. The van der Waals surface area contributed by atoms with Crippen LogP contribution in [-0.4, -0.2) is 40.2 Å². The third kappa shape index (κ3) is 3.52. The summed E-state index contributed by atoms with van der Waals surface area (Å²) in [4.78, 5) is 29.5. The molecule has 0 atom stereocenters. The van der Waals surface area contributed by atoms with Gasteiger partial charge in [-0.2, -0.15) is 0 Å². The van der Waals surface area contributed by atoms with Gasteiger partial charge in [-0.3, -0.25) is 9.78 Å². The molecule has 0 saturated heterocycles. The molecule has 7 nitrogen and oxygen atoms in total. The molecule has 2 heterocycles. The molecule has 7 heteroatoms. The molecule has 0 spiro atoms. The van der Waals surface area contributed by atoms with Crippen molar-refractivity contribution in [2.75, 3.05) is 13.1 Å². The van der Waals surface area contributed by atoms with Crippen molar-refractivity contribution in [2.45, 2.75) is 0 Å². The summed E-state index contributed by atoms with van der Waals surface area (Å²) in [7, 11) is 0. The van der Waals surface area contributed by atoms with E-state index in [-0.39, 0.29) is 19.0 Å². The molecule has 0 fully saturated rings. The molecule has 122 valence electrons. The average Bonchev–Trinajstić information content (AvgIpc) is 3.02. The van der Waals surface area contributed by atoms with E-state index in [1.165, 1.54) is 0 Å². The number of hydrogen-bond donors (Lipinski definition) is 4. The fourth-order valence-corrected chi connectivity index (χ4v) is 2.42. The van der Waals surface area contributed by atoms with Crippen molar-refractivity contribution in [1.82, 2.24) is 20.6 Å². The molecule has 3 rings (SSSR count). The number of carbonyl (C=O) groups excluding carboxylic acids is 1. The first kappa shape index (κ1) is 15.5. The normalized spacial score (nSPS) is 10.5. The second-order valence-electron chi connectivity index (χ2n) is 5.21. The van der Waals surface area contributed by atoms with Gasteiger partial charge in [0, 0.05) is 36.4 Å². The predicted molar refractivity (Wildman–Crippen MR) is 89.9 cm³/mol. The van der Waals surface area contributed by atoms with Crippen molar-refractivity contribution < 1.29 is 14.7 Å². The largest absolute Gasteiger partial charge is 0.465 e. The van der Waals surface area contributed by atoms with Crippen LogP contribution in [0.25, 0.3) is 22.0 Å². The SMILES string of the molecule is O=C(O)NCCNC(=O)c1cc2cc(-c3ccncc3)ccc2[nH]1. The number of carbonyl (C=O) groups is 2. The lowest BCUT2D eigenvalue weighted by atomic mass is 10.1. The molecule has 4 N–H and O–H groups in total. The Morgan fingerprint density at radius 2 is 1.75 bits per heavy atom. The maximum absolute atomic E-state index is 12.1. The lowest BCUT2D eigenvalue weighted by molar-refractivity contribution is 0.0949. The van der Waals surface area contributed by atoms with Gasteiger partial charge in [0.05, 0.1) is 0 Å². The van der Waals surface area contributed by atoms with Gasteiger partial charge in [-0.1, -0.05) is 6.07 Å². The molecule has 3 aromatic rings. The highest BCUT2D eigenvalue weighted by atomic mass is 16.4. The number of benzene rings is 1. The van der Waals surface area contributed by atoms with E-state index < -0.39 is 6.09 Å². The van der Waals surface area contributed by atoms with Crippen LogP contribution in [0.2, 0.25) is 0 Å². The molecular weight excluding hydrogens is 308 g/mol. The second kappa shape index (κ2) is 6.82. The number of hydrogen-bond acceptors (Lipinski definition) is 3. The van der Waals surface area contributed by atoms with E-state index >= 15 is 0 Å². The fraction of sp³-hybridized carbons (Fsp3) is 0.118. The van der Waals surface area contributed by atoms with Crippen LogP contribution in [-0.2, 0) is 0 Å². The summed E-state index contributed by atoms with van der Waals surface area (Å²) in [6.07, 6.45) is 2.36. The quantitative estimate of drug-likeness (QED) is 0.540.